The van der Waals surface area contributed by atoms with Crippen LogP contribution in [0.2, 0.25) is 0 Å². The minimum Gasteiger partial charge on any atom is -0.494 e. The van der Waals surface area contributed by atoms with E-state index in [0.717, 1.165) is 25.9 Å². The van der Waals surface area contributed by atoms with Crippen LogP contribution in [0.3, 0.4) is 0 Å². The molecule has 0 fully saturated rings. The molecule has 5 nitrogen and oxygen atoms in total. The molecule has 0 bridgehead atoms. The first kappa shape index (κ1) is 23.9. The average molecular weight is 400 g/mol. The smallest absolute Gasteiger partial charge is 0.240 e. The third kappa shape index (κ3) is 10.1. The van der Waals surface area contributed by atoms with Crippen molar-refractivity contribution in [2.45, 2.75) is 70.6 Å². The number of hydrogen-bond acceptors (Lipinski definition) is 4. The van der Waals surface area contributed by atoms with Crippen LogP contribution in [-0.2, 0) is 14.8 Å². The Hall–Kier alpha value is -1.11. The number of hydrogen-bond donors (Lipinski definition) is 1. The van der Waals surface area contributed by atoms with Gasteiger partial charge in [-0.05, 0) is 49.4 Å². The van der Waals surface area contributed by atoms with Crippen LogP contribution in [0.4, 0.5) is 0 Å². The number of rotatable bonds is 16. The van der Waals surface area contributed by atoms with Crippen molar-refractivity contribution in [3.05, 3.63) is 24.3 Å². The Morgan fingerprint density at radius 2 is 1.67 bits per heavy atom. The molecule has 0 aliphatic rings. The van der Waals surface area contributed by atoms with E-state index in [9.17, 15) is 8.42 Å². The van der Waals surface area contributed by atoms with Crippen LogP contribution in [0.5, 0.6) is 5.75 Å². The van der Waals surface area contributed by atoms with Crippen LogP contribution in [0.15, 0.2) is 29.2 Å². The van der Waals surface area contributed by atoms with Crippen molar-refractivity contribution in [3.8, 4) is 5.75 Å². The maximum absolute atomic E-state index is 12.3. The molecular formula is C21H37NO4S. The summed E-state index contributed by atoms with van der Waals surface area (Å²) in [6, 6.07) is 6.57. The van der Waals surface area contributed by atoms with E-state index in [-0.39, 0.29) is 4.90 Å². The second-order valence-electron chi connectivity index (χ2n) is 6.92. The molecule has 0 aliphatic heterocycles. The van der Waals surface area contributed by atoms with E-state index >= 15 is 0 Å². The first-order valence-electron chi connectivity index (χ1n) is 10.3. The third-order valence-electron chi connectivity index (χ3n) is 4.56. The van der Waals surface area contributed by atoms with Crippen LogP contribution in [-0.4, -0.2) is 34.8 Å². The summed E-state index contributed by atoms with van der Waals surface area (Å²) in [5.41, 5.74) is 0. The normalized spacial score (nSPS) is 12.9. The first-order chi connectivity index (χ1) is 13.0. The summed E-state index contributed by atoms with van der Waals surface area (Å²) < 4.78 is 38.5. The standard InChI is InChI=1S/C21H37NO4S/c1-4-7-10-19(6-3)18-25-16-9-15-22-27(23,24)21-13-11-20(12-14-21)26-17-8-5-2/h11-14,19,22H,4-10,15-18H2,1-3H3. The topological polar surface area (TPSA) is 64.6 Å². The molecule has 0 saturated heterocycles. The van der Waals surface area contributed by atoms with Crippen molar-refractivity contribution in [1.82, 2.24) is 4.72 Å². The summed E-state index contributed by atoms with van der Waals surface area (Å²) in [6.45, 7) is 8.87. The molecule has 0 radical (unpaired) electrons. The van der Waals surface area contributed by atoms with Gasteiger partial charge in [-0.1, -0.05) is 46.5 Å². The molecule has 0 aromatic heterocycles. The Morgan fingerprint density at radius 1 is 0.963 bits per heavy atom. The van der Waals surface area contributed by atoms with Gasteiger partial charge in [-0.15, -0.1) is 0 Å². The number of benzene rings is 1. The van der Waals surface area contributed by atoms with Crippen molar-refractivity contribution in [3.63, 3.8) is 0 Å². The third-order valence-corrected chi connectivity index (χ3v) is 6.03. The predicted octanol–water partition coefficient (Wildman–Crippen LogP) is 4.77. The molecule has 1 aromatic carbocycles. The SMILES string of the molecule is CCCCOc1ccc(S(=O)(=O)NCCCOCC(CC)CCCC)cc1. The molecule has 1 atom stereocenters. The Labute approximate surface area is 165 Å². The van der Waals surface area contributed by atoms with Gasteiger partial charge in [0.1, 0.15) is 5.75 Å². The van der Waals surface area contributed by atoms with E-state index in [1.807, 2.05) is 0 Å². The molecule has 0 amide bonds. The van der Waals surface area contributed by atoms with Crippen molar-refractivity contribution in [2.24, 2.45) is 5.92 Å². The highest BCUT2D eigenvalue weighted by Crippen LogP contribution is 2.16. The maximum atomic E-state index is 12.3. The Balaban J connectivity index is 2.28. The van der Waals surface area contributed by atoms with E-state index in [0.29, 0.717) is 37.8 Å². The number of unbranched alkanes of at least 4 members (excludes halogenated alkanes) is 2. The molecule has 0 saturated carbocycles. The first-order valence-corrected chi connectivity index (χ1v) is 11.8. The van der Waals surface area contributed by atoms with E-state index in [2.05, 4.69) is 25.5 Å². The van der Waals surface area contributed by atoms with Crippen LogP contribution in [0, 0.1) is 5.92 Å². The highest BCUT2D eigenvalue weighted by atomic mass is 32.2. The zero-order valence-corrected chi connectivity index (χ0v) is 18.0. The minimum absolute atomic E-state index is 0.261. The van der Waals surface area contributed by atoms with E-state index in [1.54, 1.807) is 24.3 Å². The number of ether oxygens (including phenoxy) is 2. The lowest BCUT2D eigenvalue weighted by Gasteiger charge is -2.14. The molecule has 27 heavy (non-hydrogen) atoms. The molecule has 6 heteroatoms. The molecule has 0 heterocycles. The molecule has 0 spiro atoms. The summed E-state index contributed by atoms with van der Waals surface area (Å²) in [5, 5.41) is 0. The van der Waals surface area contributed by atoms with Gasteiger partial charge in [-0.3, -0.25) is 0 Å². The van der Waals surface area contributed by atoms with E-state index in [1.165, 1.54) is 19.3 Å². The van der Waals surface area contributed by atoms with Gasteiger partial charge in [0.05, 0.1) is 11.5 Å². The highest BCUT2D eigenvalue weighted by molar-refractivity contribution is 7.89. The van der Waals surface area contributed by atoms with Gasteiger partial charge in [0.25, 0.3) is 0 Å². The second kappa shape index (κ2) is 14.0. The fourth-order valence-corrected chi connectivity index (χ4v) is 3.74. The van der Waals surface area contributed by atoms with Crippen molar-refractivity contribution in [1.29, 1.82) is 0 Å². The van der Waals surface area contributed by atoms with Gasteiger partial charge in [0.15, 0.2) is 0 Å². The molecule has 1 unspecified atom stereocenters. The predicted molar refractivity (Wildman–Crippen MR) is 111 cm³/mol. The van der Waals surface area contributed by atoms with Gasteiger partial charge >= 0.3 is 0 Å². The van der Waals surface area contributed by atoms with Crippen molar-refractivity contribution in [2.75, 3.05) is 26.4 Å². The quantitative estimate of drug-likeness (QED) is 0.407. The molecule has 0 aliphatic carbocycles. The van der Waals surface area contributed by atoms with Crippen LogP contribution >= 0.6 is 0 Å². The van der Waals surface area contributed by atoms with Gasteiger partial charge < -0.3 is 9.47 Å². The van der Waals surface area contributed by atoms with Gasteiger partial charge in [0.2, 0.25) is 10.0 Å². The molecular weight excluding hydrogens is 362 g/mol. The summed E-state index contributed by atoms with van der Waals surface area (Å²) in [6.07, 6.45) is 7.51. The largest absolute Gasteiger partial charge is 0.494 e. The van der Waals surface area contributed by atoms with Crippen LogP contribution < -0.4 is 9.46 Å². The fourth-order valence-electron chi connectivity index (χ4n) is 2.66. The Bertz CT molecular complexity index is 587. The van der Waals surface area contributed by atoms with Gasteiger partial charge in [-0.2, -0.15) is 0 Å². The van der Waals surface area contributed by atoms with Crippen LogP contribution in [0.1, 0.15) is 65.7 Å². The maximum Gasteiger partial charge on any atom is 0.240 e. The number of sulfonamides is 1. The Morgan fingerprint density at radius 3 is 2.30 bits per heavy atom. The van der Waals surface area contributed by atoms with E-state index < -0.39 is 10.0 Å². The van der Waals surface area contributed by atoms with Crippen molar-refractivity contribution < 1.29 is 17.9 Å². The summed E-state index contributed by atoms with van der Waals surface area (Å²) in [7, 11) is -3.48. The summed E-state index contributed by atoms with van der Waals surface area (Å²) in [5.74, 6) is 1.31. The number of nitrogens with one attached hydrogen (secondary N) is 1. The monoisotopic (exact) mass is 399 g/mol. The average Bonchev–Trinajstić information content (AvgIpc) is 2.67. The van der Waals surface area contributed by atoms with Crippen molar-refractivity contribution >= 4 is 10.0 Å². The lowest BCUT2D eigenvalue weighted by atomic mass is 10.0. The summed E-state index contributed by atoms with van der Waals surface area (Å²) >= 11 is 0. The fraction of sp³-hybridized carbons (Fsp3) is 0.714. The highest BCUT2D eigenvalue weighted by Gasteiger charge is 2.13. The molecule has 1 N–H and O–H groups in total. The van der Waals surface area contributed by atoms with Gasteiger partial charge in [0, 0.05) is 19.8 Å². The molecule has 1 rings (SSSR count). The lowest BCUT2D eigenvalue weighted by Crippen LogP contribution is -2.25. The van der Waals surface area contributed by atoms with Crippen LogP contribution in [0.25, 0.3) is 0 Å². The zero-order chi connectivity index (χ0) is 20.0. The summed E-state index contributed by atoms with van der Waals surface area (Å²) in [4.78, 5) is 0.261. The second-order valence-corrected chi connectivity index (χ2v) is 8.68. The molecule has 156 valence electrons. The zero-order valence-electron chi connectivity index (χ0n) is 17.2. The lowest BCUT2D eigenvalue weighted by molar-refractivity contribution is 0.0928. The van der Waals surface area contributed by atoms with Gasteiger partial charge in [-0.25, -0.2) is 13.1 Å². The minimum atomic E-state index is -3.48. The van der Waals surface area contributed by atoms with E-state index in [4.69, 9.17) is 9.47 Å². The molecule has 1 aromatic rings. The Kier molecular flexibility index (Phi) is 12.4.